The summed E-state index contributed by atoms with van der Waals surface area (Å²) in [4.78, 5) is 12.5. The van der Waals surface area contributed by atoms with Crippen molar-refractivity contribution in [3.63, 3.8) is 0 Å². The Bertz CT molecular complexity index is 1180. The van der Waals surface area contributed by atoms with E-state index in [0.717, 1.165) is 17.5 Å². The second-order valence-electron chi connectivity index (χ2n) is 5.86. The van der Waals surface area contributed by atoms with Crippen LogP contribution in [0.2, 0.25) is 5.02 Å². The lowest BCUT2D eigenvalue weighted by Crippen LogP contribution is -2.11. The quantitative estimate of drug-likeness (QED) is 0.497. The van der Waals surface area contributed by atoms with Crippen LogP contribution in [0.3, 0.4) is 0 Å². The molecule has 0 aliphatic rings. The van der Waals surface area contributed by atoms with E-state index in [0.29, 0.717) is 21.7 Å². The summed E-state index contributed by atoms with van der Waals surface area (Å²) in [5, 5.41) is 7.54. The number of benzene rings is 2. The summed E-state index contributed by atoms with van der Waals surface area (Å²) in [7, 11) is 0. The van der Waals surface area contributed by atoms with Crippen molar-refractivity contribution in [1.29, 1.82) is 0 Å². The molecule has 2 aromatic heterocycles. The van der Waals surface area contributed by atoms with E-state index in [4.69, 9.17) is 20.5 Å². The van der Waals surface area contributed by atoms with E-state index >= 15 is 0 Å². The molecule has 0 bridgehead atoms. The van der Waals surface area contributed by atoms with Gasteiger partial charge in [0.2, 0.25) is 5.88 Å². The first kappa shape index (κ1) is 17.2. The third-order valence-electron chi connectivity index (χ3n) is 4.07. The standard InChI is InChI=1S/C19H11ClF2N2O3/c1-9-12-7-11(20)3-5-16(12)26-18(9)19(25)23-17-8-15(24-27-17)10-2-4-13(21)14(22)6-10/h2-8H,1H3,(H,23,25). The van der Waals surface area contributed by atoms with Crippen LogP contribution in [-0.4, -0.2) is 11.1 Å². The average Bonchev–Trinajstić information content (AvgIpc) is 3.22. The van der Waals surface area contributed by atoms with Gasteiger partial charge >= 0.3 is 0 Å². The summed E-state index contributed by atoms with van der Waals surface area (Å²) in [6.45, 7) is 1.74. The van der Waals surface area contributed by atoms with Crippen LogP contribution < -0.4 is 5.32 Å². The zero-order valence-electron chi connectivity index (χ0n) is 13.8. The van der Waals surface area contributed by atoms with Gasteiger partial charge < -0.3 is 8.94 Å². The first-order valence-electron chi connectivity index (χ1n) is 7.84. The monoisotopic (exact) mass is 388 g/mol. The van der Waals surface area contributed by atoms with Crippen molar-refractivity contribution < 1.29 is 22.5 Å². The maximum absolute atomic E-state index is 13.4. The average molecular weight is 389 g/mol. The second kappa shape index (κ2) is 6.51. The van der Waals surface area contributed by atoms with E-state index in [1.807, 2.05) is 0 Å². The van der Waals surface area contributed by atoms with E-state index in [-0.39, 0.29) is 17.3 Å². The van der Waals surface area contributed by atoms with Crippen LogP contribution in [-0.2, 0) is 0 Å². The molecule has 2 aromatic carbocycles. The Morgan fingerprint density at radius 2 is 1.93 bits per heavy atom. The fourth-order valence-corrected chi connectivity index (χ4v) is 2.88. The lowest BCUT2D eigenvalue weighted by molar-refractivity contribution is 0.0994. The molecule has 0 spiro atoms. The Balaban J connectivity index is 1.59. The first-order chi connectivity index (χ1) is 12.9. The van der Waals surface area contributed by atoms with Gasteiger partial charge in [-0.25, -0.2) is 8.78 Å². The van der Waals surface area contributed by atoms with Gasteiger partial charge in [0, 0.05) is 27.6 Å². The zero-order valence-corrected chi connectivity index (χ0v) is 14.6. The lowest BCUT2D eigenvalue weighted by Gasteiger charge is -1.98. The minimum atomic E-state index is -1.00. The van der Waals surface area contributed by atoms with Crippen LogP contribution in [0.4, 0.5) is 14.7 Å². The van der Waals surface area contributed by atoms with Gasteiger partial charge in [-0.2, -0.15) is 0 Å². The molecule has 0 saturated heterocycles. The van der Waals surface area contributed by atoms with Gasteiger partial charge in [-0.1, -0.05) is 16.8 Å². The normalized spacial score (nSPS) is 11.1. The largest absolute Gasteiger partial charge is 0.451 e. The van der Waals surface area contributed by atoms with Gasteiger partial charge in [-0.15, -0.1) is 0 Å². The smallest absolute Gasteiger partial charge is 0.294 e. The van der Waals surface area contributed by atoms with E-state index in [1.54, 1.807) is 25.1 Å². The number of aromatic nitrogens is 1. The molecule has 0 unspecified atom stereocenters. The van der Waals surface area contributed by atoms with Gasteiger partial charge in [0.1, 0.15) is 11.3 Å². The van der Waals surface area contributed by atoms with Gasteiger partial charge in [0.05, 0.1) is 0 Å². The highest BCUT2D eigenvalue weighted by Crippen LogP contribution is 2.29. The van der Waals surface area contributed by atoms with Crippen molar-refractivity contribution in [2.75, 3.05) is 5.32 Å². The van der Waals surface area contributed by atoms with Crippen LogP contribution in [0.15, 0.2) is 51.4 Å². The van der Waals surface area contributed by atoms with Crippen LogP contribution in [0.5, 0.6) is 0 Å². The summed E-state index contributed by atoms with van der Waals surface area (Å²) in [5.74, 6) is -2.35. The molecule has 0 radical (unpaired) electrons. The molecule has 0 fully saturated rings. The van der Waals surface area contributed by atoms with Crippen LogP contribution in [0.1, 0.15) is 16.1 Å². The highest BCUT2D eigenvalue weighted by Gasteiger charge is 2.20. The molecular weight excluding hydrogens is 378 g/mol. The molecule has 27 heavy (non-hydrogen) atoms. The first-order valence-corrected chi connectivity index (χ1v) is 8.22. The number of amides is 1. The number of anilines is 1. The maximum atomic E-state index is 13.4. The fraction of sp³-hybridized carbons (Fsp3) is 0.0526. The zero-order chi connectivity index (χ0) is 19.1. The minimum Gasteiger partial charge on any atom is -0.451 e. The molecule has 0 saturated carbocycles. The van der Waals surface area contributed by atoms with Crippen molar-refractivity contribution in [3.05, 3.63) is 70.4 Å². The predicted octanol–water partition coefficient (Wildman–Crippen LogP) is 5.58. The van der Waals surface area contributed by atoms with Crippen LogP contribution >= 0.6 is 11.6 Å². The molecule has 136 valence electrons. The number of carbonyl (C=O) groups excluding carboxylic acids is 1. The number of carbonyl (C=O) groups is 1. The molecule has 1 amide bonds. The van der Waals surface area contributed by atoms with Crippen LogP contribution in [0, 0.1) is 18.6 Å². The molecule has 0 atom stereocenters. The van der Waals surface area contributed by atoms with Crippen molar-refractivity contribution in [2.45, 2.75) is 6.92 Å². The SMILES string of the molecule is Cc1c(C(=O)Nc2cc(-c3ccc(F)c(F)c3)no2)oc2ccc(Cl)cc12. The van der Waals surface area contributed by atoms with Crippen molar-refractivity contribution in [1.82, 2.24) is 5.16 Å². The molecule has 5 nitrogen and oxygen atoms in total. The Labute approximate surface area is 156 Å². The maximum Gasteiger partial charge on any atom is 0.294 e. The van der Waals surface area contributed by atoms with E-state index in [2.05, 4.69) is 10.5 Å². The Kier molecular flexibility index (Phi) is 4.16. The summed E-state index contributed by atoms with van der Waals surface area (Å²) >= 11 is 5.98. The highest BCUT2D eigenvalue weighted by molar-refractivity contribution is 6.31. The second-order valence-corrected chi connectivity index (χ2v) is 6.29. The number of fused-ring (bicyclic) bond motifs is 1. The topological polar surface area (TPSA) is 68.3 Å². The molecular formula is C19H11ClF2N2O3. The number of hydrogen-bond donors (Lipinski definition) is 1. The number of furan rings is 1. The van der Waals surface area contributed by atoms with Gasteiger partial charge in [0.15, 0.2) is 17.4 Å². The number of halogens is 3. The predicted molar refractivity (Wildman–Crippen MR) is 95.8 cm³/mol. The minimum absolute atomic E-state index is 0.0395. The highest BCUT2D eigenvalue weighted by atomic mass is 35.5. The Morgan fingerprint density at radius 1 is 1.11 bits per heavy atom. The number of rotatable bonds is 3. The van der Waals surface area contributed by atoms with Gasteiger partial charge in [-0.3, -0.25) is 10.1 Å². The Morgan fingerprint density at radius 3 is 2.70 bits per heavy atom. The van der Waals surface area contributed by atoms with E-state index in [1.165, 1.54) is 12.1 Å². The van der Waals surface area contributed by atoms with E-state index in [9.17, 15) is 13.6 Å². The number of nitrogens with zero attached hydrogens (tertiary/aromatic N) is 1. The summed E-state index contributed by atoms with van der Waals surface area (Å²) in [5.41, 5.74) is 1.72. The van der Waals surface area contributed by atoms with E-state index < -0.39 is 17.5 Å². The fourth-order valence-electron chi connectivity index (χ4n) is 2.70. The molecule has 2 heterocycles. The molecule has 4 rings (SSSR count). The number of hydrogen-bond acceptors (Lipinski definition) is 4. The van der Waals surface area contributed by atoms with Crippen LogP contribution in [0.25, 0.3) is 22.2 Å². The number of nitrogens with one attached hydrogen (secondary N) is 1. The summed E-state index contributed by atoms with van der Waals surface area (Å²) < 4.78 is 37.0. The summed E-state index contributed by atoms with van der Waals surface area (Å²) in [6.07, 6.45) is 0. The third-order valence-corrected chi connectivity index (χ3v) is 4.30. The van der Waals surface area contributed by atoms with Crippen molar-refractivity contribution in [3.8, 4) is 11.3 Å². The Hall–Kier alpha value is -3.19. The van der Waals surface area contributed by atoms with Crippen molar-refractivity contribution in [2.24, 2.45) is 0 Å². The van der Waals surface area contributed by atoms with Crippen molar-refractivity contribution >= 4 is 34.4 Å². The molecule has 0 aliphatic carbocycles. The van der Waals surface area contributed by atoms with Gasteiger partial charge in [-0.05, 0) is 43.3 Å². The van der Waals surface area contributed by atoms with Gasteiger partial charge in [0.25, 0.3) is 5.91 Å². The number of aryl methyl sites for hydroxylation is 1. The molecule has 0 aliphatic heterocycles. The molecule has 4 aromatic rings. The molecule has 1 N–H and O–H groups in total. The lowest BCUT2D eigenvalue weighted by atomic mass is 10.1. The molecule has 8 heteroatoms. The summed E-state index contributed by atoms with van der Waals surface area (Å²) in [6, 6.07) is 9.79. The third kappa shape index (κ3) is 3.17.